The fraction of sp³-hybridized carbons (Fsp3) is 0.182. The van der Waals surface area contributed by atoms with E-state index in [9.17, 15) is 8.78 Å². The Morgan fingerprint density at radius 3 is 2.41 bits per heavy atom. The van der Waals surface area contributed by atoms with Crippen LogP contribution >= 0.6 is 0 Å². The summed E-state index contributed by atoms with van der Waals surface area (Å²) in [6, 6.07) is 13.3. The topological polar surface area (TPSA) is 47.1 Å². The van der Waals surface area contributed by atoms with Crippen LogP contribution < -0.4 is 0 Å². The van der Waals surface area contributed by atoms with Crippen molar-refractivity contribution in [3.63, 3.8) is 0 Å². The number of hydrogen-bond acceptors (Lipinski definition) is 4. The Labute approximate surface area is 167 Å². The van der Waals surface area contributed by atoms with Gasteiger partial charge in [-0.15, -0.1) is 0 Å². The summed E-state index contributed by atoms with van der Waals surface area (Å²) in [5.41, 5.74) is 3.17. The first-order valence-corrected chi connectivity index (χ1v) is 9.18. The lowest BCUT2D eigenvalue weighted by Crippen LogP contribution is -2.18. The molecule has 148 valence electrons. The second-order valence-electron chi connectivity index (χ2n) is 6.97. The Bertz CT molecular complexity index is 1080. The van der Waals surface area contributed by atoms with Gasteiger partial charge in [0.25, 0.3) is 0 Å². The molecule has 0 atom stereocenters. The van der Waals surface area contributed by atoms with Gasteiger partial charge in [-0.2, -0.15) is 5.10 Å². The minimum atomic E-state index is -0.659. The maximum Gasteiger partial charge on any atom is 0.226 e. The van der Waals surface area contributed by atoms with Gasteiger partial charge in [-0.25, -0.2) is 18.4 Å². The molecular weight excluding hydrogens is 374 g/mol. The molecule has 2 aromatic heterocycles. The zero-order valence-electron chi connectivity index (χ0n) is 16.1. The summed E-state index contributed by atoms with van der Waals surface area (Å²) >= 11 is 0. The molecule has 5 nitrogen and oxygen atoms in total. The number of halogens is 2. The van der Waals surface area contributed by atoms with Crippen molar-refractivity contribution in [1.82, 2.24) is 19.7 Å². The van der Waals surface area contributed by atoms with E-state index in [1.165, 1.54) is 12.1 Å². The van der Waals surface area contributed by atoms with Crippen molar-refractivity contribution >= 4 is 0 Å². The monoisotopic (exact) mass is 394 g/mol. The van der Waals surface area contributed by atoms with E-state index in [1.807, 2.05) is 36.1 Å². The molecule has 7 heteroatoms. The second kappa shape index (κ2) is 7.97. The Morgan fingerprint density at radius 1 is 1.03 bits per heavy atom. The third-order valence-electron chi connectivity index (χ3n) is 4.58. The first-order valence-electron chi connectivity index (χ1n) is 9.18. The maximum atomic E-state index is 13.5. The van der Waals surface area contributed by atoms with E-state index in [4.69, 9.17) is 4.42 Å². The third-order valence-corrected chi connectivity index (χ3v) is 4.58. The summed E-state index contributed by atoms with van der Waals surface area (Å²) in [6.07, 6.45) is 3.64. The minimum absolute atomic E-state index is 0.216. The van der Waals surface area contributed by atoms with Crippen LogP contribution in [0.5, 0.6) is 0 Å². The quantitative estimate of drug-likeness (QED) is 0.474. The molecular formula is C22H20F2N4O. The standard InChI is InChI=1S/C22H20F2N4O/c1-15-21(26-22(29-15)17-10-18(23)12-19(24)11-17)14-27(2)13-16-4-6-20(7-5-16)28-9-3-8-25-28/h3-12H,13-14H2,1-2H3. The van der Waals surface area contributed by atoms with E-state index in [0.717, 1.165) is 29.6 Å². The number of nitrogens with zero attached hydrogens (tertiary/aromatic N) is 4. The van der Waals surface area contributed by atoms with Crippen molar-refractivity contribution < 1.29 is 13.2 Å². The summed E-state index contributed by atoms with van der Waals surface area (Å²) in [7, 11) is 1.98. The zero-order chi connectivity index (χ0) is 20.4. The first kappa shape index (κ1) is 19.0. The Hall–Kier alpha value is -3.32. The average molecular weight is 394 g/mol. The summed E-state index contributed by atoms with van der Waals surface area (Å²) in [5.74, 6) is -0.473. The van der Waals surface area contributed by atoms with Crippen LogP contribution in [0.1, 0.15) is 17.0 Å². The van der Waals surface area contributed by atoms with Crippen LogP contribution in [0.25, 0.3) is 17.1 Å². The van der Waals surface area contributed by atoms with Gasteiger partial charge < -0.3 is 4.42 Å². The molecule has 0 N–H and O–H groups in total. The molecule has 2 aromatic carbocycles. The van der Waals surface area contributed by atoms with Crippen LogP contribution in [0.4, 0.5) is 8.78 Å². The molecule has 0 amide bonds. The zero-order valence-corrected chi connectivity index (χ0v) is 16.1. The number of benzene rings is 2. The molecule has 0 aliphatic heterocycles. The highest BCUT2D eigenvalue weighted by Gasteiger charge is 2.15. The number of hydrogen-bond donors (Lipinski definition) is 0. The number of aromatic nitrogens is 3. The van der Waals surface area contributed by atoms with Crippen LogP contribution in [0, 0.1) is 18.6 Å². The fourth-order valence-corrected chi connectivity index (χ4v) is 3.17. The van der Waals surface area contributed by atoms with Crippen molar-refractivity contribution in [1.29, 1.82) is 0 Å². The summed E-state index contributed by atoms with van der Waals surface area (Å²) in [4.78, 5) is 6.54. The predicted octanol–water partition coefficient (Wildman–Crippen LogP) is 4.75. The van der Waals surface area contributed by atoms with Crippen molar-refractivity contribution in [2.45, 2.75) is 20.0 Å². The number of rotatable bonds is 6. The van der Waals surface area contributed by atoms with Gasteiger partial charge in [-0.05, 0) is 49.9 Å². The number of aryl methyl sites for hydroxylation is 1. The molecule has 2 heterocycles. The fourth-order valence-electron chi connectivity index (χ4n) is 3.17. The molecule has 0 radical (unpaired) electrons. The van der Waals surface area contributed by atoms with Gasteiger partial charge in [-0.3, -0.25) is 4.90 Å². The van der Waals surface area contributed by atoms with E-state index in [-0.39, 0.29) is 11.5 Å². The highest BCUT2D eigenvalue weighted by molar-refractivity contribution is 5.53. The molecule has 0 unspecified atom stereocenters. The van der Waals surface area contributed by atoms with E-state index in [0.29, 0.717) is 12.3 Å². The molecule has 0 bridgehead atoms. The smallest absolute Gasteiger partial charge is 0.226 e. The molecule has 0 aliphatic carbocycles. The van der Waals surface area contributed by atoms with Crippen LogP contribution in [0.2, 0.25) is 0 Å². The second-order valence-corrected chi connectivity index (χ2v) is 6.97. The summed E-state index contributed by atoms with van der Waals surface area (Å²) < 4.78 is 34.4. The SMILES string of the molecule is Cc1oc(-c2cc(F)cc(F)c2)nc1CN(C)Cc1ccc(-n2cccn2)cc1. The Morgan fingerprint density at radius 2 is 1.76 bits per heavy atom. The molecule has 0 fully saturated rings. The van der Waals surface area contributed by atoms with Crippen molar-refractivity contribution in [2.75, 3.05) is 7.05 Å². The van der Waals surface area contributed by atoms with E-state index >= 15 is 0 Å². The van der Waals surface area contributed by atoms with E-state index in [1.54, 1.807) is 13.1 Å². The van der Waals surface area contributed by atoms with Crippen molar-refractivity contribution in [3.8, 4) is 17.1 Å². The van der Waals surface area contributed by atoms with Gasteiger partial charge in [-0.1, -0.05) is 12.1 Å². The molecule has 0 spiro atoms. The highest BCUT2D eigenvalue weighted by atomic mass is 19.1. The van der Waals surface area contributed by atoms with Crippen molar-refractivity contribution in [2.24, 2.45) is 0 Å². The minimum Gasteiger partial charge on any atom is -0.441 e. The lowest BCUT2D eigenvalue weighted by molar-refractivity contribution is 0.313. The Balaban J connectivity index is 1.44. The normalized spacial score (nSPS) is 11.3. The lowest BCUT2D eigenvalue weighted by atomic mass is 10.2. The van der Waals surface area contributed by atoms with Crippen LogP contribution in [-0.2, 0) is 13.1 Å². The molecule has 0 saturated carbocycles. The summed E-state index contributed by atoms with van der Waals surface area (Å²) in [6.45, 7) is 3.07. The van der Waals surface area contributed by atoms with Crippen LogP contribution in [0.3, 0.4) is 0 Å². The first-order chi connectivity index (χ1) is 14.0. The van der Waals surface area contributed by atoms with Crippen LogP contribution in [-0.4, -0.2) is 26.7 Å². The Kier molecular flexibility index (Phi) is 5.22. The average Bonchev–Trinajstić information content (AvgIpc) is 3.32. The third kappa shape index (κ3) is 4.41. The van der Waals surface area contributed by atoms with Gasteiger partial charge in [0.1, 0.15) is 17.4 Å². The van der Waals surface area contributed by atoms with E-state index < -0.39 is 11.6 Å². The molecule has 29 heavy (non-hydrogen) atoms. The predicted molar refractivity (Wildman–Crippen MR) is 105 cm³/mol. The number of oxazole rings is 1. The van der Waals surface area contributed by atoms with Crippen LogP contribution in [0.15, 0.2) is 65.3 Å². The maximum absolute atomic E-state index is 13.5. The molecule has 4 rings (SSSR count). The van der Waals surface area contributed by atoms with Gasteiger partial charge >= 0.3 is 0 Å². The van der Waals surface area contributed by atoms with E-state index in [2.05, 4.69) is 27.1 Å². The summed E-state index contributed by atoms with van der Waals surface area (Å²) in [5, 5.41) is 4.22. The highest BCUT2D eigenvalue weighted by Crippen LogP contribution is 2.24. The molecule has 0 saturated heterocycles. The molecule has 4 aromatic rings. The molecule has 0 aliphatic rings. The van der Waals surface area contributed by atoms with Gasteiger partial charge in [0.15, 0.2) is 0 Å². The van der Waals surface area contributed by atoms with Gasteiger partial charge in [0, 0.05) is 37.1 Å². The van der Waals surface area contributed by atoms with Crippen molar-refractivity contribution in [3.05, 3.63) is 89.6 Å². The van der Waals surface area contributed by atoms with Gasteiger partial charge in [0.05, 0.1) is 11.4 Å². The van der Waals surface area contributed by atoms with Gasteiger partial charge in [0.2, 0.25) is 5.89 Å². The lowest BCUT2D eigenvalue weighted by Gasteiger charge is -2.15. The largest absolute Gasteiger partial charge is 0.441 e.